The molecule has 0 saturated carbocycles. The Hall–Kier alpha value is 0.570. The molecule has 0 saturated heterocycles. The standard InChI is InChI=1S/C17H16N2O9S3.3Na/c18-12-3-1-2-10(4-12)9-19-15-8-14(30(21,22)23)6-11-5-13(29-28-27-20)7-16(17(11)15)31(24,25)26;;;/h1-8,19-20H,9,18H2,(H,21,22,23)(H,24,25,26);;;/q;3*+1/p-3. The number of nitrogens with two attached hydrogens (primary N) is 1. The zero-order valence-electron chi connectivity index (χ0n) is 18.3. The fraction of sp³-hybridized carbons (Fsp3) is 0.0588. The van der Waals surface area contributed by atoms with Gasteiger partial charge in [-0.1, -0.05) is 12.1 Å². The van der Waals surface area contributed by atoms with E-state index >= 15 is 0 Å². The minimum atomic E-state index is -5.06. The summed E-state index contributed by atoms with van der Waals surface area (Å²) in [5.74, 6) is 0. The van der Waals surface area contributed by atoms with E-state index in [0.717, 1.165) is 18.2 Å². The monoisotopic (exact) mass is 554 g/mol. The van der Waals surface area contributed by atoms with Crippen molar-refractivity contribution >= 4 is 54.4 Å². The summed E-state index contributed by atoms with van der Waals surface area (Å²) < 4.78 is 74.7. The Morgan fingerprint density at radius 1 is 0.941 bits per heavy atom. The molecule has 3 aromatic carbocycles. The van der Waals surface area contributed by atoms with Gasteiger partial charge in [0.2, 0.25) is 0 Å². The average Bonchev–Trinajstić information content (AvgIpc) is 2.68. The number of anilines is 2. The molecule has 0 aromatic heterocycles. The fourth-order valence-electron chi connectivity index (χ4n) is 2.90. The maximum atomic E-state index is 11.9. The van der Waals surface area contributed by atoms with Gasteiger partial charge in [-0.05, 0) is 47.3 Å². The molecule has 0 radical (unpaired) electrons. The molecule has 17 heteroatoms. The molecule has 0 atom stereocenters. The Kier molecular flexibility index (Phi) is 14.7. The first-order chi connectivity index (χ1) is 14.5. The molecule has 11 nitrogen and oxygen atoms in total. The zero-order chi connectivity index (χ0) is 22.8. The van der Waals surface area contributed by atoms with Crippen molar-refractivity contribution in [1.29, 1.82) is 0 Å². The second-order valence-electron chi connectivity index (χ2n) is 6.22. The Balaban J connectivity index is 0.00000363. The molecule has 166 valence electrons. The molecule has 3 N–H and O–H groups in total. The predicted molar refractivity (Wildman–Crippen MR) is 106 cm³/mol. The molecule has 0 heterocycles. The first kappa shape index (κ1) is 34.6. The molecular weight excluding hydrogens is 541 g/mol. The van der Waals surface area contributed by atoms with E-state index in [-0.39, 0.29) is 117 Å². The molecule has 0 aliphatic carbocycles. The van der Waals surface area contributed by atoms with Crippen LogP contribution < -0.4 is 105 Å². The van der Waals surface area contributed by atoms with Crippen LogP contribution in [-0.2, 0) is 36.2 Å². The van der Waals surface area contributed by atoms with E-state index in [1.165, 1.54) is 6.07 Å². The average molecular weight is 554 g/mol. The quantitative estimate of drug-likeness (QED) is 0.0668. The first-order valence-electron chi connectivity index (χ1n) is 8.24. The van der Waals surface area contributed by atoms with E-state index < -0.39 is 30.0 Å². The number of fused-ring (bicyclic) bond motifs is 1. The number of nitrogen functional groups attached to an aromatic ring is 1. The smallest absolute Gasteiger partial charge is 0.744 e. The van der Waals surface area contributed by atoms with Crippen molar-refractivity contribution in [3.8, 4) is 0 Å². The Labute approximate surface area is 266 Å². The first-order valence-corrected chi connectivity index (χ1v) is 11.8. The van der Waals surface area contributed by atoms with Gasteiger partial charge in [-0.3, -0.25) is 5.04 Å². The van der Waals surface area contributed by atoms with Crippen molar-refractivity contribution < 1.29 is 129 Å². The molecule has 3 rings (SSSR count). The van der Waals surface area contributed by atoms with Crippen LogP contribution in [0.2, 0.25) is 0 Å². The van der Waals surface area contributed by atoms with Crippen molar-refractivity contribution in [2.75, 3.05) is 11.1 Å². The summed E-state index contributed by atoms with van der Waals surface area (Å²) in [6.07, 6.45) is 0. The van der Waals surface area contributed by atoms with Crippen molar-refractivity contribution in [2.45, 2.75) is 21.2 Å². The van der Waals surface area contributed by atoms with Gasteiger partial charge in [0.1, 0.15) is 20.2 Å². The summed E-state index contributed by atoms with van der Waals surface area (Å²) in [7, 11) is -10.00. The van der Waals surface area contributed by atoms with E-state index in [1.807, 2.05) is 0 Å². The summed E-state index contributed by atoms with van der Waals surface area (Å²) in [6, 6.07) is 10.7. The molecule has 34 heavy (non-hydrogen) atoms. The molecule has 0 fully saturated rings. The largest absolute Gasteiger partial charge is 1.00 e. The van der Waals surface area contributed by atoms with Crippen LogP contribution in [0.15, 0.2) is 63.2 Å². The SMILES string of the molecule is Nc1cccc(CNc2cc(S(=O)(=O)[O-])cc3cc(SOO[O-])cc(S(=O)(=O)[O-])c23)c1.[Na+].[Na+].[Na+]. The van der Waals surface area contributed by atoms with Gasteiger partial charge in [-0.15, -0.1) is 0 Å². The molecule has 0 aliphatic heterocycles. The van der Waals surface area contributed by atoms with Crippen molar-refractivity contribution in [1.82, 2.24) is 0 Å². The molecule has 0 bridgehead atoms. The van der Waals surface area contributed by atoms with Gasteiger partial charge in [0.15, 0.2) is 0 Å². The van der Waals surface area contributed by atoms with E-state index in [9.17, 15) is 31.2 Å². The molecule has 3 aromatic rings. The minimum absolute atomic E-state index is 0. The van der Waals surface area contributed by atoms with E-state index in [1.54, 1.807) is 24.3 Å². The van der Waals surface area contributed by atoms with Crippen LogP contribution >= 0.6 is 12.0 Å². The summed E-state index contributed by atoms with van der Waals surface area (Å²) in [5, 5.41) is 15.9. The van der Waals surface area contributed by atoms with Gasteiger partial charge in [0, 0.05) is 28.2 Å². The molecule has 0 spiro atoms. The van der Waals surface area contributed by atoms with Crippen LogP contribution in [0.1, 0.15) is 5.56 Å². The van der Waals surface area contributed by atoms with Gasteiger partial charge < -0.3 is 25.4 Å². The third-order valence-electron chi connectivity index (χ3n) is 4.11. The van der Waals surface area contributed by atoms with Gasteiger partial charge >= 0.3 is 88.7 Å². The minimum Gasteiger partial charge on any atom is -0.744 e. The third-order valence-corrected chi connectivity index (χ3v) is 6.34. The summed E-state index contributed by atoms with van der Waals surface area (Å²) in [5.41, 5.74) is 6.77. The van der Waals surface area contributed by atoms with Crippen LogP contribution in [0.25, 0.3) is 10.8 Å². The van der Waals surface area contributed by atoms with Gasteiger partial charge in [0.05, 0.1) is 21.8 Å². The number of rotatable bonds is 8. The molecular formula is C17H13N2Na3O9S3. The van der Waals surface area contributed by atoms with Crippen molar-refractivity contribution in [3.05, 3.63) is 54.1 Å². The number of benzene rings is 3. The van der Waals surface area contributed by atoms with E-state index in [4.69, 9.17) is 5.73 Å². The predicted octanol–water partition coefficient (Wildman–Crippen LogP) is -7.92. The fourth-order valence-corrected chi connectivity index (χ4v) is 4.71. The second kappa shape index (κ2) is 14.5. The maximum absolute atomic E-state index is 11.9. The summed E-state index contributed by atoms with van der Waals surface area (Å²) >= 11 is 0.297. The van der Waals surface area contributed by atoms with Crippen molar-refractivity contribution in [3.63, 3.8) is 0 Å². The normalized spacial score (nSPS) is 11.1. The Bertz CT molecular complexity index is 1360. The number of hydrogen-bond acceptors (Lipinski definition) is 12. The van der Waals surface area contributed by atoms with Crippen LogP contribution in [0, 0.1) is 0 Å². The summed E-state index contributed by atoms with van der Waals surface area (Å²) in [6.45, 7) is 0.0739. The van der Waals surface area contributed by atoms with Crippen LogP contribution in [0.4, 0.5) is 11.4 Å². The molecule has 0 amide bonds. The maximum Gasteiger partial charge on any atom is 1.00 e. The zero-order valence-corrected chi connectivity index (χ0v) is 26.8. The Morgan fingerprint density at radius 3 is 2.18 bits per heavy atom. The second-order valence-corrected chi connectivity index (χ2v) is 9.72. The topological polar surface area (TPSA) is 194 Å². The van der Waals surface area contributed by atoms with Crippen LogP contribution in [-0.4, -0.2) is 25.9 Å². The third kappa shape index (κ3) is 9.15. The number of hydrogen-bond donors (Lipinski definition) is 2. The van der Waals surface area contributed by atoms with Gasteiger partial charge in [0.25, 0.3) is 0 Å². The van der Waals surface area contributed by atoms with Crippen molar-refractivity contribution in [2.24, 2.45) is 0 Å². The molecule has 0 aliphatic rings. The van der Waals surface area contributed by atoms with Gasteiger partial charge in [-0.25, -0.2) is 16.8 Å². The number of nitrogens with one attached hydrogen (secondary N) is 1. The van der Waals surface area contributed by atoms with Crippen LogP contribution in [0.3, 0.4) is 0 Å². The summed E-state index contributed by atoms with van der Waals surface area (Å²) in [4.78, 5) is -1.43. The van der Waals surface area contributed by atoms with E-state index in [2.05, 4.69) is 14.7 Å². The van der Waals surface area contributed by atoms with Gasteiger partial charge in [-0.2, -0.15) is 4.33 Å². The Morgan fingerprint density at radius 2 is 1.62 bits per heavy atom. The van der Waals surface area contributed by atoms with Crippen LogP contribution in [0.5, 0.6) is 0 Å². The van der Waals surface area contributed by atoms with E-state index in [0.29, 0.717) is 23.3 Å². The molecule has 0 unspecified atom stereocenters.